The van der Waals surface area contributed by atoms with E-state index >= 15 is 0 Å². The number of anilines is 2. The number of oxime groups is 1. The van der Waals surface area contributed by atoms with Crippen LogP contribution in [0.3, 0.4) is 0 Å². The minimum absolute atomic E-state index is 0.842. The minimum atomic E-state index is 0.842. The molecule has 0 atom stereocenters. The summed E-state index contributed by atoms with van der Waals surface area (Å²) in [6.07, 6.45) is 1.41. The number of hydrogen-bond acceptors (Lipinski definition) is 3. The summed E-state index contributed by atoms with van der Waals surface area (Å²) in [4.78, 5) is 0. The molecule has 2 aromatic carbocycles. The van der Waals surface area contributed by atoms with E-state index in [1.165, 1.54) is 6.21 Å². The Labute approximate surface area is 94.0 Å². The van der Waals surface area contributed by atoms with Crippen LogP contribution in [0.4, 0.5) is 11.4 Å². The highest BCUT2D eigenvalue weighted by molar-refractivity contribution is 5.88. The van der Waals surface area contributed by atoms with E-state index in [0.717, 1.165) is 16.9 Å². The zero-order valence-electron chi connectivity index (χ0n) is 8.67. The Bertz CT molecular complexity index is 480. The molecule has 0 bridgehead atoms. The third-order valence-corrected chi connectivity index (χ3v) is 2.21. The molecule has 0 spiro atoms. The van der Waals surface area contributed by atoms with E-state index in [9.17, 15) is 0 Å². The summed E-state index contributed by atoms with van der Waals surface area (Å²) >= 11 is 0. The lowest BCUT2D eigenvalue weighted by atomic mass is 10.2. The molecule has 0 saturated heterocycles. The van der Waals surface area contributed by atoms with Crippen molar-refractivity contribution >= 4 is 17.6 Å². The van der Waals surface area contributed by atoms with Gasteiger partial charge in [-0.05, 0) is 18.2 Å². The molecule has 16 heavy (non-hydrogen) atoms. The normalized spacial score (nSPS) is 10.5. The number of para-hydroxylation sites is 2. The standard InChI is InChI=1S/C13H12N2O/c16-14-10-11-6-4-5-9-13(11)15-12-7-2-1-3-8-12/h1-10,15-16H. The van der Waals surface area contributed by atoms with Crippen LogP contribution >= 0.6 is 0 Å². The first-order valence-corrected chi connectivity index (χ1v) is 4.98. The predicted octanol–water partition coefficient (Wildman–Crippen LogP) is 3.24. The molecule has 2 rings (SSSR count). The molecule has 3 nitrogen and oxygen atoms in total. The van der Waals surface area contributed by atoms with Crippen LogP contribution in [0.15, 0.2) is 59.8 Å². The summed E-state index contributed by atoms with van der Waals surface area (Å²) in [7, 11) is 0. The van der Waals surface area contributed by atoms with Gasteiger partial charge < -0.3 is 10.5 Å². The molecule has 0 aliphatic carbocycles. The maximum atomic E-state index is 8.55. The molecule has 0 saturated carbocycles. The number of benzene rings is 2. The maximum absolute atomic E-state index is 8.55. The second-order valence-corrected chi connectivity index (χ2v) is 3.32. The second kappa shape index (κ2) is 4.98. The van der Waals surface area contributed by atoms with E-state index in [4.69, 9.17) is 5.21 Å². The highest BCUT2D eigenvalue weighted by Gasteiger charge is 1.98. The van der Waals surface area contributed by atoms with Crippen LogP contribution in [0.1, 0.15) is 5.56 Å². The van der Waals surface area contributed by atoms with Crippen LogP contribution in [-0.2, 0) is 0 Å². The van der Waals surface area contributed by atoms with Crippen LogP contribution in [0.2, 0.25) is 0 Å². The van der Waals surface area contributed by atoms with Crippen LogP contribution in [-0.4, -0.2) is 11.4 Å². The van der Waals surface area contributed by atoms with Crippen molar-refractivity contribution in [3.8, 4) is 0 Å². The van der Waals surface area contributed by atoms with Crippen molar-refractivity contribution in [1.29, 1.82) is 0 Å². The van der Waals surface area contributed by atoms with Gasteiger partial charge in [0.05, 0.1) is 6.21 Å². The lowest BCUT2D eigenvalue weighted by Crippen LogP contribution is -1.94. The molecular weight excluding hydrogens is 200 g/mol. The Balaban J connectivity index is 2.28. The highest BCUT2D eigenvalue weighted by atomic mass is 16.4. The van der Waals surface area contributed by atoms with Crippen molar-refractivity contribution in [2.45, 2.75) is 0 Å². The zero-order chi connectivity index (χ0) is 11.2. The Hall–Kier alpha value is -2.29. The SMILES string of the molecule is ON=Cc1ccccc1Nc1ccccc1. The number of hydrogen-bond donors (Lipinski definition) is 2. The van der Waals surface area contributed by atoms with Gasteiger partial charge in [-0.2, -0.15) is 0 Å². The van der Waals surface area contributed by atoms with Gasteiger partial charge in [0.2, 0.25) is 0 Å². The average molecular weight is 212 g/mol. The average Bonchev–Trinajstić information content (AvgIpc) is 2.33. The van der Waals surface area contributed by atoms with E-state index in [2.05, 4.69) is 10.5 Å². The fraction of sp³-hybridized carbons (Fsp3) is 0. The molecule has 0 aliphatic heterocycles. The third kappa shape index (κ3) is 2.39. The van der Waals surface area contributed by atoms with Crippen molar-refractivity contribution < 1.29 is 5.21 Å². The monoisotopic (exact) mass is 212 g/mol. The highest BCUT2D eigenvalue weighted by Crippen LogP contribution is 2.18. The molecule has 3 heteroatoms. The van der Waals surface area contributed by atoms with Gasteiger partial charge in [-0.1, -0.05) is 41.6 Å². The number of rotatable bonds is 3. The van der Waals surface area contributed by atoms with Gasteiger partial charge in [0.1, 0.15) is 0 Å². The molecule has 0 aromatic heterocycles. The van der Waals surface area contributed by atoms with Gasteiger partial charge >= 0.3 is 0 Å². The largest absolute Gasteiger partial charge is 0.411 e. The predicted molar refractivity (Wildman–Crippen MR) is 65.5 cm³/mol. The van der Waals surface area contributed by atoms with Crippen molar-refractivity contribution in [3.05, 3.63) is 60.2 Å². The molecule has 0 heterocycles. The smallest absolute Gasteiger partial charge is 0.0754 e. The molecule has 0 radical (unpaired) electrons. The molecule has 0 amide bonds. The van der Waals surface area contributed by atoms with Gasteiger partial charge in [-0.3, -0.25) is 0 Å². The van der Waals surface area contributed by atoms with E-state index in [0.29, 0.717) is 0 Å². The molecule has 0 unspecified atom stereocenters. The lowest BCUT2D eigenvalue weighted by molar-refractivity contribution is 0.322. The van der Waals surface area contributed by atoms with Gasteiger partial charge in [0.25, 0.3) is 0 Å². The van der Waals surface area contributed by atoms with E-state index in [1.807, 2.05) is 54.6 Å². The molecule has 0 aliphatic rings. The number of nitrogens with zero attached hydrogens (tertiary/aromatic N) is 1. The van der Waals surface area contributed by atoms with Crippen LogP contribution in [0.25, 0.3) is 0 Å². The van der Waals surface area contributed by atoms with E-state index in [1.54, 1.807) is 0 Å². The summed E-state index contributed by atoms with van der Waals surface area (Å²) in [5.74, 6) is 0. The molecule has 2 N–H and O–H groups in total. The first-order valence-electron chi connectivity index (χ1n) is 4.98. The topological polar surface area (TPSA) is 44.6 Å². The Morgan fingerprint density at radius 2 is 1.62 bits per heavy atom. The van der Waals surface area contributed by atoms with Crippen molar-refractivity contribution in [1.82, 2.24) is 0 Å². The second-order valence-electron chi connectivity index (χ2n) is 3.32. The molecular formula is C13H12N2O. The third-order valence-electron chi connectivity index (χ3n) is 2.21. The molecule has 2 aromatic rings. The Morgan fingerprint density at radius 3 is 2.38 bits per heavy atom. The zero-order valence-corrected chi connectivity index (χ0v) is 8.67. The van der Waals surface area contributed by atoms with Crippen LogP contribution < -0.4 is 5.32 Å². The summed E-state index contributed by atoms with van der Waals surface area (Å²) < 4.78 is 0. The first kappa shape index (κ1) is 10.2. The lowest BCUT2D eigenvalue weighted by Gasteiger charge is -2.08. The Morgan fingerprint density at radius 1 is 0.938 bits per heavy atom. The van der Waals surface area contributed by atoms with Crippen LogP contribution in [0, 0.1) is 0 Å². The van der Waals surface area contributed by atoms with Crippen molar-refractivity contribution in [3.63, 3.8) is 0 Å². The summed E-state index contributed by atoms with van der Waals surface area (Å²) in [5.41, 5.74) is 2.75. The molecule has 80 valence electrons. The van der Waals surface area contributed by atoms with E-state index in [-0.39, 0.29) is 0 Å². The van der Waals surface area contributed by atoms with Gasteiger partial charge in [0.15, 0.2) is 0 Å². The summed E-state index contributed by atoms with van der Waals surface area (Å²) in [6.45, 7) is 0. The summed E-state index contributed by atoms with van der Waals surface area (Å²) in [6, 6.07) is 17.5. The fourth-order valence-corrected chi connectivity index (χ4v) is 1.46. The van der Waals surface area contributed by atoms with Crippen LogP contribution in [0.5, 0.6) is 0 Å². The van der Waals surface area contributed by atoms with E-state index < -0.39 is 0 Å². The number of nitrogens with one attached hydrogen (secondary N) is 1. The van der Waals surface area contributed by atoms with Crippen molar-refractivity contribution in [2.24, 2.45) is 5.16 Å². The maximum Gasteiger partial charge on any atom is 0.0754 e. The van der Waals surface area contributed by atoms with Crippen molar-refractivity contribution in [2.75, 3.05) is 5.32 Å². The molecule has 0 fully saturated rings. The summed E-state index contributed by atoms with van der Waals surface area (Å²) in [5, 5.41) is 14.9. The Kier molecular flexibility index (Phi) is 3.18. The first-order chi connectivity index (χ1) is 7.90. The minimum Gasteiger partial charge on any atom is -0.411 e. The van der Waals surface area contributed by atoms with Gasteiger partial charge in [-0.15, -0.1) is 0 Å². The quantitative estimate of drug-likeness (QED) is 0.466. The van der Waals surface area contributed by atoms with Gasteiger partial charge in [0, 0.05) is 16.9 Å². The van der Waals surface area contributed by atoms with Gasteiger partial charge in [-0.25, -0.2) is 0 Å². The fourth-order valence-electron chi connectivity index (χ4n) is 1.46.